The van der Waals surface area contributed by atoms with Crippen molar-refractivity contribution in [3.63, 3.8) is 0 Å². The second kappa shape index (κ2) is 13.2. The van der Waals surface area contributed by atoms with Crippen molar-refractivity contribution in [2.45, 2.75) is 29.4 Å². The average molecular weight is 741 g/mol. The van der Waals surface area contributed by atoms with Gasteiger partial charge in [0, 0.05) is 52.9 Å². The van der Waals surface area contributed by atoms with Crippen LogP contribution < -0.4 is 0 Å². The lowest BCUT2D eigenvalue weighted by Gasteiger charge is -2.23. The Morgan fingerprint density at radius 2 is 1.27 bits per heavy atom. The third kappa shape index (κ3) is 5.54. The van der Waals surface area contributed by atoms with E-state index in [0.717, 1.165) is 44.9 Å². The Bertz CT molecular complexity index is 2960. The summed E-state index contributed by atoms with van der Waals surface area (Å²) in [5.74, 6) is 1.77. The summed E-state index contributed by atoms with van der Waals surface area (Å²) < 4.78 is 2.54. The SMILES string of the molecule is CC1C=CC2c3cccc(-c4cc(-c5cccc6c5sc5ccccc56)nc(-c5c(-c6ccccc6)ccc6cc(-c7ccccc7)ccc56)n4)c3SC2C1. The fourth-order valence-electron chi connectivity index (χ4n) is 8.78. The third-order valence-electron chi connectivity index (χ3n) is 11.4. The Labute approximate surface area is 329 Å². The van der Waals surface area contributed by atoms with Gasteiger partial charge in [0.25, 0.3) is 0 Å². The van der Waals surface area contributed by atoms with Crippen molar-refractivity contribution in [3.8, 4) is 56.2 Å². The molecule has 0 spiro atoms. The molecule has 4 heteroatoms. The summed E-state index contributed by atoms with van der Waals surface area (Å²) in [5.41, 5.74) is 11.4. The van der Waals surface area contributed by atoms with E-state index in [2.05, 4.69) is 177 Å². The first-order chi connectivity index (χ1) is 27.2. The molecule has 0 N–H and O–H groups in total. The predicted octanol–water partition coefficient (Wildman–Crippen LogP) is 14.5. The van der Waals surface area contributed by atoms with Crippen LogP contribution in [0.4, 0.5) is 0 Å². The molecule has 0 saturated carbocycles. The van der Waals surface area contributed by atoms with Crippen LogP contribution in [0.1, 0.15) is 24.8 Å². The highest BCUT2D eigenvalue weighted by atomic mass is 32.2. The second-order valence-corrected chi connectivity index (χ2v) is 17.2. The summed E-state index contributed by atoms with van der Waals surface area (Å²) in [6, 6.07) is 57.2. The van der Waals surface area contributed by atoms with Crippen LogP contribution in [-0.4, -0.2) is 15.2 Å². The number of hydrogen-bond acceptors (Lipinski definition) is 4. The summed E-state index contributed by atoms with van der Waals surface area (Å²) in [7, 11) is 0. The minimum atomic E-state index is 0.436. The fourth-order valence-corrected chi connectivity index (χ4v) is 11.7. The number of thiophene rings is 1. The molecule has 0 bridgehead atoms. The van der Waals surface area contributed by atoms with Crippen molar-refractivity contribution in [3.05, 3.63) is 175 Å². The molecule has 2 nitrogen and oxygen atoms in total. The van der Waals surface area contributed by atoms with Crippen LogP contribution in [0.5, 0.6) is 0 Å². The van der Waals surface area contributed by atoms with Crippen molar-refractivity contribution >= 4 is 54.0 Å². The molecule has 262 valence electrons. The summed E-state index contributed by atoms with van der Waals surface area (Å²) in [6.07, 6.45) is 6.05. The number of hydrogen-bond donors (Lipinski definition) is 0. The van der Waals surface area contributed by atoms with Crippen LogP contribution in [0.3, 0.4) is 0 Å². The number of rotatable bonds is 5. The van der Waals surface area contributed by atoms with E-state index in [4.69, 9.17) is 9.97 Å². The van der Waals surface area contributed by atoms with Gasteiger partial charge in [-0.25, -0.2) is 9.97 Å². The van der Waals surface area contributed by atoms with Gasteiger partial charge in [-0.2, -0.15) is 0 Å². The Kier molecular flexibility index (Phi) is 7.82. The number of aromatic nitrogens is 2. The van der Waals surface area contributed by atoms with Crippen molar-refractivity contribution in [2.24, 2.45) is 5.92 Å². The maximum Gasteiger partial charge on any atom is 0.161 e. The molecule has 1 aliphatic carbocycles. The van der Waals surface area contributed by atoms with Gasteiger partial charge < -0.3 is 0 Å². The smallest absolute Gasteiger partial charge is 0.161 e. The first kappa shape index (κ1) is 32.6. The van der Waals surface area contributed by atoms with E-state index in [0.29, 0.717) is 17.1 Å². The first-order valence-corrected chi connectivity index (χ1v) is 20.8. The zero-order valence-electron chi connectivity index (χ0n) is 30.3. The average Bonchev–Trinajstić information content (AvgIpc) is 3.81. The molecule has 0 fully saturated rings. The van der Waals surface area contributed by atoms with Crippen LogP contribution in [0.25, 0.3) is 87.1 Å². The van der Waals surface area contributed by atoms with Crippen LogP contribution in [0, 0.1) is 5.92 Å². The van der Waals surface area contributed by atoms with Gasteiger partial charge in [-0.05, 0) is 69.1 Å². The van der Waals surface area contributed by atoms with E-state index >= 15 is 0 Å². The minimum absolute atomic E-state index is 0.436. The number of fused-ring (bicyclic) bond motifs is 7. The first-order valence-electron chi connectivity index (χ1n) is 19.1. The highest BCUT2D eigenvalue weighted by molar-refractivity contribution is 8.00. The molecule has 9 aromatic rings. The molecular formula is C51H36N2S2. The standard InChI is InChI=1S/C51H36N2S2/c1-31-22-25-39-41-18-11-20-43(50(41)55-47(39)28-31)45-30-44(42-19-10-17-40-38-16-8-9-21-46(38)54-49(40)42)52-51(53-45)48-36(33-14-6-3-7-15-33)27-24-35-29-34(23-26-37(35)48)32-12-4-2-5-13-32/h2-27,29-31,39,47H,28H2,1H3. The molecular weight excluding hydrogens is 705 g/mol. The van der Waals surface area contributed by atoms with Gasteiger partial charge in [-0.1, -0.05) is 159 Å². The van der Waals surface area contributed by atoms with Gasteiger partial charge in [-0.15, -0.1) is 23.1 Å². The quantitative estimate of drug-likeness (QED) is 0.164. The molecule has 0 saturated heterocycles. The van der Waals surface area contributed by atoms with Crippen LogP contribution in [0.2, 0.25) is 0 Å². The monoisotopic (exact) mass is 740 g/mol. The molecule has 1 aliphatic heterocycles. The summed E-state index contributed by atoms with van der Waals surface area (Å²) >= 11 is 3.90. The highest BCUT2D eigenvalue weighted by Crippen LogP contribution is 2.54. The number of thioether (sulfide) groups is 1. The van der Waals surface area contributed by atoms with Crippen LogP contribution in [0.15, 0.2) is 175 Å². The normalized spacial score (nSPS) is 17.5. The highest BCUT2D eigenvalue weighted by Gasteiger charge is 2.36. The second-order valence-electron chi connectivity index (χ2n) is 14.9. The van der Waals surface area contributed by atoms with E-state index < -0.39 is 0 Å². The van der Waals surface area contributed by atoms with Crippen molar-refractivity contribution in [1.29, 1.82) is 0 Å². The lowest BCUT2D eigenvalue weighted by atomic mass is 9.84. The molecule has 3 heterocycles. The van der Waals surface area contributed by atoms with Gasteiger partial charge >= 0.3 is 0 Å². The van der Waals surface area contributed by atoms with Crippen molar-refractivity contribution < 1.29 is 0 Å². The van der Waals surface area contributed by atoms with Gasteiger partial charge in [0.2, 0.25) is 0 Å². The maximum absolute atomic E-state index is 5.61. The number of benzene rings is 7. The Balaban J connectivity index is 1.19. The van der Waals surface area contributed by atoms with E-state index in [1.807, 2.05) is 23.1 Å². The van der Waals surface area contributed by atoms with E-state index in [1.165, 1.54) is 59.1 Å². The molecule has 3 atom stereocenters. The van der Waals surface area contributed by atoms with Crippen LogP contribution in [-0.2, 0) is 0 Å². The van der Waals surface area contributed by atoms with E-state index in [1.54, 1.807) is 0 Å². The largest absolute Gasteiger partial charge is 0.228 e. The lowest BCUT2D eigenvalue weighted by Crippen LogP contribution is -2.15. The summed E-state index contributed by atoms with van der Waals surface area (Å²) in [6.45, 7) is 2.34. The molecule has 11 rings (SSSR count). The predicted molar refractivity (Wildman–Crippen MR) is 235 cm³/mol. The van der Waals surface area contributed by atoms with Gasteiger partial charge in [0.05, 0.1) is 11.4 Å². The van der Waals surface area contributed by atoms with Crippen LogP contribution >= 0.6 is 23.1 Å². The molecule has 3 unspecified atom stereocenters. The van der Waals surface area contributed by atoms with Gasteiger partial charge in [-0.3, -0.25) is 0 Å². The van der Waals surface area contributed by atoms with Crippen molar-refractivity contribution in [1.82, 2.24) is 9.97 Å². The Hall–Kier alpha value is -5.81. The summed E-state index contributed by atoms with van der Waals surface area (Å²) in [4.78, 5) is 12.6. The van der Waals surface area contributed by atoms with Gasteiger partial charge in [0.1, 0.15) is 0 Å². The maximum atomic E-state index is 5.61. The topological polar surface area (TPSA) is 25.8 Å². The van der Waals surface area contributed by atoms with Gasteiger partial charge in [0.15, 0.2) is 5.82 Å². The number of nitrogens with zero attached hydrogens (tertiary/aromatic N) is 2. The van der Waals surface area contributed by atoms with E-state index in [-0.39, 0.29) is 0 Å². The number of allylic oxidation sites excluding steroid dienone is 2. The minimum Gasteiger partial charge on any atom is -0.228 e. The molecule has 55 heavy (non-hydrogen) atoms. The summed E-state index contributed by atoms with van der Waals surface area (Å²) in [5, 5.41) is 5.41. The molecule has 2 aromatic heterocycles. The molecule has 2 aliphatic rings. The molecule has 0 radical (unpaired) electrons. The van der Waals surface area contributed by atoms with Crippen molar-refractivity contribution in [2.75, 3.05) is 0 Å². The zero-order valence-corrected chi connectivity index (χ0v) is 31.9. The lowest BCUT2D eigenvalue weighted by molar-refractivity contribution is 0.565. The molecule has 0 amide bonds. The fraction of sp³-hybridized carbons (Fsp3) is 0.0980. The third-order valence-corrected chi connectivity index (χ3v) is 14.1. The van der Waals surface area contributed by atoms with E-state index in [9.17, 15) is 0 Å². The zero-order chi connectivity index (χ0) is 36.5. The Morgan fingerprint density at radius 3 is 2.13 bits per heavy atom. The molecule has 7 aromatic carbocycles. The Morgan fingerprint density at radius 1 is 0.545 bits per heavy atom.